The Hall–Kier alpha value is -2.63. The van der Waals surface area contributed by atoms with Gasteiger partial charge >= 0.3 is 0 Å². The normalized spacial score (nSPS) is 17.4. The maximum Gasteiger partial charge on any atom is 0.128 e. The zero-order valence-corrected chi connectivity index (χ0v) is 17.6. The Kier molecular flexibility index (Phi) is 5.69. The summed E-state index contributed by atoms with van der Waals surface area (Å²) in [7, 11) is 3.42. The first-order chi connectivity index (χ1) is 14.1. The van der Waals surface area contributed by atoms with E-state index in [1.54, 1.807) is 14.2 Å². The second kappa shape index (κ2) is 8.39. The van der Waals surface area contributed by atoms with Crippen LogP contribution in [-0.4, -0.2) is 43.8 Å². The van der Waals surface area contributed by atoms with Crippen LogP contribution in [0.1, 0.15) is 28.5 Å². The fraction of sp³-hybridized carbons (Fsp3) is 0.375. The molecule has 0 N–H and O–H groups in total. The molecule has 1 aromatic heterocycles. The molecule has 0 unspecified atom stereocenters. The van der Waals surface area contributed by atoms with Gasteiger partial charge in [0, 0.05) is 37.0 Å². The van der Waals surface area contributed by atoms with Crippen molar-refractivity contribution in [1.29, 1.82) is 0 Å². The first kappa shape index (κ1) is 19.7. The van der Waals surface area contributed by atoms with Crippen LogP contribution >= 0.6 is 0 Å². The number of nitrogens with zero attached hydrogens (tertiary/aromatic N) is 2. The molecule has 0 amide bonds. The van der Waals surface area contributed by atoms with E-state index in [1.165, 1.54) is 16.3 Å². The Morgan fingerprint density at radius 1 is 1.07 bits per heavy atom. The SMILES string of the molecule is COc1ccc2cc([C@H]3CN(Cc4ncc(C)c(OC)c4C)CCO3)ccc2c1. The van der Waals surface area contributed by atoms with Crippen molar-refractivity contribution >= 4 is 10.8 Å². The minimum absolute atomic E-state index is 0.0582. The van der Waals surface area contributed by atoms with Crippen LogP contribution in [0.4, 0.5) is 0 Å². The molecule has 2 heterocycles. The maximum atomic E-state index is 6.11. The smallest absolute Gasteiger partial charge is 0.128 e. The first-order valence-electron chi connectivity index (χ1n) is 9.99. The summed E-state index contributed by atoms with van der Waals surface area (Å²) in [6, 6.07) is 12.7. The second-order valence-corrected chi connectivity index (χ2v) is 7.61. The van der Waals surface area contributed by atoms with Gasteiger partial charge in [-0.2, -0.15) is 0 Å². The quantitative estimate of drug-likeness (QED) is 0.642. The van der Waals surface area contributed by atoms with E-state index in [9.17, 15) is 0 Å². The van der Waals surface area contributed by atoms with E-state index in [0.717, 1.165) is 48.0 Å². The fourth-order valence-electron chi connectivity index (χ4n) is 4.06. The molecule has 0 radical (unpaired) electrons. The average Bonchev–Trinajstić information content (AvgIpc) is 2.75. The number of rotatable bonds is 5. The van der Waals surface area contributed by atoms with Crippen molar-refractivity contribution < 1.29 is 14.2 Å². The summed E-state index contributed by atoms with van der Waals surface area (Å²) in [5, 5.41) is 2.37. The van der Waals surface area contributed by atoms with Crippen molar-refractivity contribution in [3.05, 3.63) is 65.0 Å². The fourth-order valence-corrected chi connectivity index (χ4v) is 4.06. The molecule has 0 bridgehead atoms. The molecule has 0 aliphatic carbocycles. The Bertz CT molecular complexity index is 1020. The summed E-state index contributed by atoms with van der Waals surface area (Å²) in [5.41, 5.74) is 4.47. The lowest BCUT2D eigenvalue weighted by Crippen LogP contribution is -2.38. The van der Waals surface area contributed by atoms with Gasteiger partial charge < -0.3 is 14.2 Å². The summed E-state index contributed by atoms with van der Waals surface area (Å²) in [4.78, 5) is 7.07. The van der Waals surface area contributed by atoms with E-state index in [2.05, 4.69) is 47.1 Å². The van der Waals surface area contributed by atoms with Crippen LogP contribution in [0, 0.1) is 13.8 Å². The predicted molar refractivity (Wildman–Crippen MR) is 115 cm³/mol. The number of ether oxygens (including phenoxy) is 3. The monoisotopic (exact) mass is 392 g/mol. The molecule has 152 valence electrons. The van der Waals surface area contributed by atoms with Crippen molar-refractivity contribution in [3.8, 4) is 11.5 Å². The Morgan fingerprint density at radius 3 is 2.66 bits per heavy atom. The molecular weight excluding hydrogens is 364 g/mol. The van der Waals surface area contributed by atoms with Crippen LogP contribution in [0.5, 0.6) is 11.5 Å². The van der Waals surface area contributed by atoms with Gasteiger partial charge in [0.2, 0.25) is 0 Å². The van der Waals surface area contributed by atoms with Crippen LogP contribution in [0.2, 0.25) is 0 Å². The van der Waals surface area contributed by atoms with E-state index in [1.807, 2.05) is 19.2 Å². The first-order valence-corrected chi connectivity index (χ1v) is 9.99. The molecule has 29 heavy (non-hydrogen) atoms. The van der Waals surface area contributed by atoms with Crippen molar-refractivity contribution in [3.63, 3.8) is 0 Å². The molecule has 3 aromatic rings. The molecular formula is C24H28N2O3. The number of methoxy groups -OCH3 is 2. The van der Waals surface area contributed by atoms with E-state index in [0.29, 0.717) is 6.61 Å². The number of hydrogen-bond acceptors (Lipinski definition) is 5. The molecule has 1 fully saturated rings. The van der Waals surface area contributed by atoms with Gasteiger partial charge in [0.1, 0.15) is 11.5 Å². The lowest BCUT2D eigenvalue weighted by Gasteiger charge is -2.33. The largest absolute Gasteiger partial charge is 0.497 e. The molecule has 1 saturated heterocycles. The topological polar surface area (TPSA) is 43.8 Å². The van der Waals surface area contributed by atoms with E-state index in [4.69, 9.17) is 14.2 Å². The number of hydrogen-bond donors (Lipinski definition) is 0. The zero-order valence-electron chi connectivity index (χ0n) is 17.6. The molecule has 0 saturated carbocycles. The summed E-state index contributed by atoms with van der Waals surface area (Å²) in [6.45, 7) is 7.38. The van der Waals surface area contributed by atoms with Crippen molar-refractivity contribution in [2.45, 2.75) is 26.5 Å². The van der Waals surface area contributed by atoms with E-state index in [-0.39, 0.29) is 6.10 Å². The third-order valence-electron chi connectivity index (χ3n) is 5.72. The lowest BCUT2D eigenvalue weighted by molar-refractivity contribution is -0.0333. The highest BCUT2D eigenvalue weighted by Gasteiger charge is 2.23. The molecule has 0 spiro atoms. The Morgan fingerprint density at radius 2 is 1.86 bits per heavy atom. The van der Waals surface area contributed by atoms with Gasteiger partial charge in [0.25, 0.3) is 0 Å². The van der Waals surface area contributed by atoms with Crippen LogP contribution in [0.3, 0.4) is 0 Å². The highest BCUT2D eigenvalue weighted by molar-refractivity contribution is 5.84. The van der Waals surface area contributed by atoms with Gasteiger partial charge in [-0.3, -0.25) is 9.88 Å². The van der Waals surface area contributed by atoms with Gasteiger partial charge in [-0.1, -0.05) is 18.2 Å². The molecule has 2 aromatic carbocycles. The summed E-state index contributed by atoms with van der Waals surface area (Å²) in [5.74, 6) is 1.81. The maximum absolute atomic E-state index is 6.11. The van der Waals surface area contributed by atoms with Gasteiger partial charge in [0.15, 0.2) is 0 Å². The van der Waals surface area contributed by atoms with Gasteiger partial charge in [-0.25, -0.2) is 0 Å². The Labute approximate surface area is 172 Å². The second-order valence-electron chi connectivity index (χ2n) is 7.61. The molecule has 5 heteroatoms. The third-order valence-corrected chi connectivity index (χ3v) is 5.72. The molecule has 4 rings (SSSR count). The van der Waals surface area contributed by atoms with Crippen molar-refractivity contribution in [1.82, 2.24) is 9.88 Å². The van der Waals surface area contributed by atoms with Crippen LogP contribution in [-0.2, 0) is 11.3 Å². The standard InChI is InChI=1S/C24H28N2O3/c1-16-13-25-22(17(2)24(16)28-4)14-26-9-10-29-23(15-26)20-6-5-19-12-21(27-3)8-7-18(19)11-20/h5-8,11-13,23H,9-10,14-15H2,1-4H3/t23-/m1/s1. The summed E-state index contributed by atoms with van der Waals surface area (Å²) < 4.78 is 17.0. The molecule has 5 nitrogen and oxygen atoms in total. The number of aromatic nitrogens is 1. The molecule has 1 aliphatic rings. The van der Waals surface area contributed by atoms with E-state index < -0.39 is 0 Å². The minimum Gasteiger partial charge on any atom is -0.497 e. The van der Waals surface area contributed by atoms with Gasteiger partial charge in [0.05, 0.1) is 32.6 Å². The number of morpholine rings is 1. The highest BCUT2D eigenvalue weighted by Crippen LogP contribution is 2.29. The van der Waals surface area contributed by atoms with E-state index >= 15 is 0 Å². The molecule has 1 atom stereocenters. The average molecular weight is 392 g/mol. The van der Waals surface area contributed by atoms with Crippen LogP contribution in [0.15, 0.2) is 42.6 Å². The number of aryl methyl sites for hydroxylation is 1. The predicted octanol–water partition coefficient (Wildman–Crippen LogP) is 4.44. The highest BCUT2D eigenvalue weighted by atomic mass is 16.5. The number of pyridine rings is 1. The summed E-state index contributed by atoms with van der Waals surface area (Å²) in [6.07, 6.45) is 1.96. The van der Waals surface area contributed by atoms with Gasteiger partial charge in [-0.15, -0.1) is 0 Å². The number of fused-ring (bicyclic) bond motifs is 1. The minimum atomic E-state index is 0.0582. The lowest BCUT2D eigenvalue weighted by atomic mass is 10.0. The van der Waals surface area contributed by atoms with Crippen LogP contribution < -0.4 is 9.47 Å². The van der Waals surface area contributed by atoms with Crippen LogP contribution in [0.25, 0.3) is 10.8 Å². The molecule has 1 aliphatic heterocycles. The third kappa shape index (κ3) is 4.07. The van der Waals surface area contributed by atoms with Crippen molar-refractivity contribution in [2.24, 2.45) is 0 Å². The van der Waals surface area contributed by atoms with Crippen molar-refractivity contribution in [2.75, 3.05) is 33.9 Å². The Balaban J connectivity index is 1.52. The number of benzene rings is 2. The summed E-state index contributed by atoms with van der Waals surface area (Å²) >= 11 is 0. The zero-order chi connectivity index (χ0) is 20.4. The van der Waals surface area contributed by atoms with Gasteiger partial charge in [-0.05, 0) is 48.4 Å².